The summed E-state index contributed by atoms with van der Waals surface area (Å²) in [6.07, 6.45) is 6.95. The Labute approximate surface area is 186 Å². The first-order chi connectivity index (χ1) is 15.2. The van der Waals surface area contributed by atoms with Crippen LogP contribution in [0.5, 0.6) is 0 Å². The van der Waals surface area contributed by atoms with Gasteiger partial charge in [0.05, 0.1) is 11.6 Å². The summed E-state index contributed by atoms with van der Waals surface area (Å²) in [4.78, 5) is 17.5. The summed E-state index contributed by atoms with van der Waals surface area (Å²) < 4.78 is 0. The lowest BCUT2D eigenvalue weighted by molar-refractivity contribution is -0.125. The maximum Gasteiger partial charge on any atom is 0.224 e. The molecule has 4 rings (SSSR count). The zero-order valence-electron chi connectivity index (χ0n) is 18.7. The molecule has 0 aliphatic carbocycles. The average Bonchev–Trinajstić information content (AvgIpc) is 2.83. The van der Waals surface area contributed by atoms with Crippen molar-refractivity contribution in [3.8, 4) is 11.3 Å². The lowest BCUT2D eigenvalue weighted by Gasteiger charge is -2.34. The number of anilines is 1. The Bertz CT molecular complexity index is 826. The highest BCUT2D eigenvalue weighted by Crippen LogP contribution is 2.23. The Hall–Kier alpha value is -2.47. The van der Waals surface area contributed by atoms with E-state index >= 15 is 0 Å². The Kier molecular flexibility index (Phi) is 7.52. The second kappa shape index (κ2) is 10.7. The van der Waals surface area contributed by atoms with Crippen LogP contribution in [0.3, 0.4) is 0 Å². The van der Waals surface area contributed by atoms with Crippen LogP contribution in [0.4, 0.5) is 5.82 Å². The van der Waals surface area contributed by atoms with Gasteiger partial charge in [0.25, 0.3) is 0 Å². The second-order valence-corrected chi connectivity index (χ2v) is 8.95. The lowest BCUT2D eigenvalue weighted by atomic mass is 9.97. The van der Waals surface area contributed by atoms with Gasteiger partial charge in [0, 0.05) is 37.8 Å². The molecule has 166 valence electrons. The van der Waals surface area contributed by atoms with Crippen LogP contribution in [-0.4, -0.2) is 59.8 Å². The molecule has 0 unspecified atom stereocenters. The number of hydrogen-bond acceptors (Lipinski definition) is 5. The highest BCUT2D eigenvalue weighted by Gasteiger charge is 2.26. The van der Waals surface area contributed by atoms with Crippen LogP contribution in [0.1, 0.15) is 45.4 Å². The summed E-state index contributed by atoms with van der Waals surface area (Å²) in [5.41, 5.74) is 1.94. The van der Waals surface area contributed by atoms with Crippen molar-refractivity contribution in [3.63, 3.8) is 0 Å². The molecule has 6 nitrogen and oxygen atoms in total. The van der Waals surface area contributed by atoms with E-state index in [2.05, 4.69) is 32.2 Å². The SMILES string of the molecule is C[C@H]1CCCCN1CCCNC(=O)[C@@H]1CCCN(c2ccc(-c3ccccc3)nn2)C1. The summed E-state index contributed by atoms with van der Waals surface area (Å²) in [5, 5.41) is 12.0. The number of nitrogens with zero attached hydrogens (tertiary/aromatic N) is 4. The first-order valence-corrected chi connectivity index (χ1v) is 11.9. The van der Waals surface area contributed by atoms with Gasteiger partial charge in [-0.3, -0.25) is 4.79 Å². The number of carbonyl (C=O) groups is 1. The van der Waals surface area contributed by atoms with Crippen molar-refractivity contribution in [2.24, 2.45) is 5.92 Å². The maximum absolute atomic E-state index is 12.7. The van der Waals surface area contributed by atoms with Crippen molar-refractivity contribution in [1.29, 1.82) is 0 Å². The summed E-state index contributed by atoms with van der Waals surface area (Å²) in [6.45, 7) is 7.02. The van der Waals surface area contributed by atoms with E-state index in [4.69, 9.17) is 0 Å². The van der Waals surface area contributed by atoms with Crippen LogP contribution < -0.4 is 10.2 Å². The zero-order valence-corrected chi connectivity index (χ0v) is 18.7. The number of hydrogen-bond donors (Lipinski definition) is 1. The van der Waals surface area contributed by atoms with Crippen molar-refractivity contribution in [2.75, 3.05) is 37.6 Å². The van der Waals surface area contributed by atoms with Gasteiger partial charge in [-0.15, -0.1) is 10.2 Å². The molecule has 6 heteroatoms. The third-order valence-electron chi connectivity index (χ3n) is 6.70. The van der Waals surface area contributed by atoms with E-state index in [-0.39, 0.29) is 11.8 Å². The van der Waals surface area contributed by atoms with Crippen LogP contribution in [0.15, 0.2) is 42.5 Å². The number of piperidine rings is 2. The number of likely N-dealkylation sites (tertiary alicyclic amines) is 1. The number of amides is 1. The number of benzene rings is 1. The van der Waals surface area contributed by atoms with E-state index in [9.17, 15) is 4.79 Å². The first-order valence-electron chi connectivity index (χ1n) is 11.9. The van der Waals surface area contributed by atoms with Crippen molar-refractivity contribution in [1.82, 2.24) is 20.4 Å². The quantitative estimate of drug-likeness (QED) is 0.690. The van der Waals surface area contributed by atoms with Gasteiger partial charge < -0.3 is 15.1 Å². The Morgan fingerprint density at radius 3 is 2.68 bits per heavy atom. The Morgan fingerprint density at radius 2 is 1.90 bits per heavy atom. The monoisotopic (exact) mass is 421 g/mol. The lowest BCUT2D eigenvalue weighted by Crippen LogP contribution is -2.44. The molecule has 0 bridgehead atoms. The smallest absolute Gasteiger partial charge is 0.224 e. The Morgan fingerprint density at radius 1 is 1.03 bits per heavy atom. The van der Waals surface area contributed by atoms with Gasteiger partial charge in [-0.2, -0.15) is 0 Å². The topological polar surface area (TPSA) is 61.4 Å². The molecular weight excluding hydrogens is 386 g/mol. The van der Waals surface area contributed by atoms with Gasteiger partial charge in [-0.25, -0.2) is 0 Å². The molecular formula is C25H35N5O. The molecule has 2 aromatic rings. The van der Waals surface area contributed by atoms with Gasteiger partial charge in [0.15, 0.2) is 5.82 Å². The van der Waals surface area contributed by atoms with E-state index in [1.54, 1.807) is 0 Å². The highest BCUT2D eigenvalue weighted by molar-refractivity contribution is 5.79. The molecule has 1 aromatic heterocycles. The molecule has 2 aliphatic rings. The minimum absolute atomic E-state index is 0.0262. The van der Waals surface area contributed by atoms with Crippen LogP contribution in [0.25, 0.3) is 11.3 Å². The molecule has 2 saturated heterocycles. The zero-order chi connectivity index (χ0) is 21.5. The summed E-state index contributed by atoms with van der Waals surface area (Å²) >= 11 is 0. The molecule has 0 spiro atoms. The Balaban J connectivity index is 1.24. The predicted molar refractivity (Wildman–Crippen MR) is 125 cm³/mol. The molecule has 1 N–H and O–H groups in total. The first kappa shape index (κ1) is 21.8. The van der Waals surface area contributed by atoms with Gasteiger partial charge in [0.2, 0.25) is 5.91 Å². The third-order valence-corrected chi connectivity index (χ3v) is 6.70. The van der Waals surface area contributed by atoms with Crippen molar-refractivity contribution >= 4 is 11.7 Å². The number of aromatic nitrogens is 2. The van der Waals surface area contributed by atoms with Gasteiger partial charge in [-0.05, 0) is 57.7 Å². The fourth-order valence-electron chi connectivity index (χ4n) is 4.78. The predicted octanol–water partition coefficient (Wildman–Crippen LogP) is 3.74. The number of carbonyl (C=O) groups excluding carboxylic acids is 1. The van der Waals surface area contributed by atoms with Crippen LogP contribution in [0.2, 0.25) is 0 Å². The molecule has 2 fully saturated rings. The van der Waals surface area contributed by atoms with Gasteiger partial charge in [0.1, 0.15) is 0 Å². The molecule has 0 saturated carbocycles. The molecule has 2 aliphatic heterocycles. The molecule has 31 heavy (non-hydrogen) atoms. The van der Waals surface area contributed by atoms with Crippen molar-refractivity contribution < 1.29 is 4.79 Å². The van der Waals surface area contributed by atoms with E-state index < -0.39 is 0 Å². The van der Waals surface area contributed by atoms with Crippen LogP contribution in [-0.2, 0) is 4.79 Å². The van der Waals surface area contributed by atoms with Crippen molar-refractivity contribution in [3.05, 3.63) is 42.5 Å². The molecule has 1 aromatic carbocycles. The van der Waals surface area contributed by atoms with Crippen LogP contribution >= 0.6 is 0 Å². The van der Waals surface area contributed by atoms with Gasteiger partial charge in [-0.1, -0.05) is 36.8 Å². The minimum Gasteiger partial charge on any atom is -0.356 e. The van der Waals surface area contributed by atoms with E-state index in [0.717, 1.165) is 56.0 Å². The van der Waals surface area contributed by atoms with E-state index in [0.29, 0.717) is 12.6 Å². The summed E-state index contributed by atoms with van der Waals surface area (Å²) in [6, 6.07) is 14.8. The molecule has 2 atom stereocenters. The van der Waals surface area contributed by atoms with Crippen LogP contribution in [0, 0.1) is 5.92 Å². The highest BCUT2D eigenvalue weighted by atomic mass is 16.1. The molecule has 3 heterocycles. The van der Waals surface area contributed by atoms with E-state index in [1.165, 1.54) is 25.8 Å². The molecule has 1 amide bonds. The second-order valence-electron chi connectivity index (χ2n) is 8.95. The normalized spacial score (nSPS) is 22.3. The van der Waals surface area contributed by atoms with E-state index in [1.807, 2.05) is 42.5 Å². The average molecular weight is 422 g/mol. The van der Waals surface area contributed by atoms with Crippen molar-refractivity contribution in [2.45, 2.75) is 51.5 Å². The number of nitrogens with one attached hydrogen (secondary N) is 1. The molecule has 0 radical (unpaired) electrons. The maximum atomic E-state index is 12.7. The fraction of sp³-hybridized carbons (Fsp3) is 0.560. The summed E-state index contributed by atoms with van der Waals surface area (Å²) in [7, 11) is 0. The fourth-order valence-corrected chi connectivity index (χ4v) is 4.78. The minimum atomic E-state index is 0.0262. The summed E-state index contributed by atoms with van der Waals surface area (Å²) in [5.74, 6) is 1.07. The largest absolute Gasteiger partial charge is 0.356 e. The standard InChI is InChI=1S/C25H35N5O/c1-20-9-5-6-16-29(20)18-8-15-26-25(31)22-12-7-17-30(19-22)24-14-13-23(27-28-24)21-10-3-2-4-11-21/h2-4,10-11,13-14,20,22H,5-9,12,15-19H2,1H3,(H,26,31)/t20-,22+/m0/s1. The third kappa shape index (κ3) is 5.82. The van der Waals surface area contributed by atoms with Gasteiger partial charge >= 0.3 is 0 Å². The number of rotatable bonds is 7.